The van der Waals surface area contributed by atoms with Gasteiger partial charge in [0.15, 0.2) is 0 Å². The van der Waals surface area contributed by atoms with Crippen LogP contribution in [0, 0.1) is 11.8 Å². The summed E-state index contributed by atoms with van der Waals surface area (Å²) in [5.74, 6) is 0.890. The van der Waals surface area contributed by atoms with Gasteiger partial charge in [-0.05, 0) is 45.7 Å². The molecule has 0 bridgehead atoms. The Kier molecular flexibility index (Phi) is 5.80. The van der Waals surface area contributed by atoms with Crippen molar-refractivity contribution < 1.29 is 13.2 Å². The number of rotatable bonds is 6. The van der Waals surface area contributed by atoms with Crippen molar-refractivity contribution in [2.75, 3.05) is 39.8 Å². The van der Waals surface area contributed by atoms with Crippen LogP contribution in [0.1, 0.15) is 26.2 Å². The van der Waals surface area contributed by atoms with Crippen LogP contribution in [0.5, 0.6) is 0 Å². The number of piperidine rings is 1. The summed E-state index contributed by atoms with van der Waals surface area (Å²) in [6.45, 7) is 5.45. The van der Waals surface area contributed by atoms with E-state index in [1.165, 1.54) is 0 Å². The summed E-state index contributed by atoms with van der Waals surface area (Å²) in [6, 6.07) is 0. The van der Waals surface area contributed by atoms with Crippen LogP contribution in [0.15, 0.2) is 0 Å². The third kappa shape index (κ3) is 4.14. The molecule has 2 saturated heterocycles. The van der Waals surface area contributed by atoms with Crippen molar-refractivity contribution in [2.45, 2.75) is 32.3 Å². The highest BCUT2D eigenvalue weighted by Crippen LogP contribution is 2.21. The van der Waals surface area contributed by atoms with Crippen LogP contribution in [0.2, 0.25) is 0 Å². The number of nitrogens with one attached hydrogen (secondary N) is 2. The van der Waals surface area contributed by atoms with Crippen LogP contribution in [0.3, 0.4) is 0 Å². The van der Waals surface area contributed by atoms with Crippen molar-refractivity contribution in [2.24, 2.45) is 11.8 Å². The average molecular weight is 305 g/mol. The van der Waals surface area contributed by atoms with Crippen molar-refractivity contribution in [1.82, 2.24) is 14.3 Å². The number of ether oxygens (including phenoxy) is 1. The molecule has 2 unspecified atom stereocenters. The second kappa shape index (κ2) is 7.17. The van der Waals surface area contributed by atoms with Gasteiger partial charge in [-0.15, -0.1) is 0 Å². The molecular weight excluding hydrogens is 278 g/mol. The molecule has 2 N–H and O–H groups in total. The third-order valence-corrected chi connectivity index (χ3v) is 6.04. The number of hydrogen-bond donors (Lipinski definition) is 2. The standard InChI is InChI=1S/C13H27N3O3S/c1-11-13(5-8-19-11)10-15-20(17,18)16-6-3-12(4-7-16)9-14-2/h11-15H,3-10H2,1-2H3. The Morgan fingerprint density at radius 3 is 2.45 bits per heavy atom. The van der Waals surface area contributed by atoms with Gasteiger partial charge in [0.2, 0.25) is 0 Å². The second-order valence-electron chi connectivity index (χ2n) is 5.88. The summed E-state index contributed by atoms with van der Waals surface area (Å²) < 4.78 is 34.3. The SMILES string of the molecule is CNCC1CCN(S(=O)(=O)NCC2CCOC2C)CC1. The van der Waals surface area contributed by atoms with Crippen LogP contribution >= 0.6 is 0 Å². The highest BCUT2D eigenvalue weighted by Gasteiger charge is 2.30. The van der Waals surface area contributed by atoms with E-state index in [0.29, 0.717) is 31.5 Å². The lowest BCUT2D eigenvalue weighted by molar-refractivity contribution is 0.106. The first-order valence-electron chi connectivity index (χ1n) is 7.54. The Bertz CT molecular complexity index is 394. The van der Waals surface area contributed by atoms with Gasteiger partial charge in [-0.25, -0.2) is 4.72 Å². The highest BCUT2D eigenvalue weighted by atomic mass is 32.2. The molecule has 2 atom stereocenters. The third-order valence-electron chi connectivity index (χ3n) is 4.47. The zero-order chi connectivity index (χ0) is 14.6. The minimum absolute atomic E-state index is 0.152. The van der Waals surface area contributed by atoms with Gasteiger partial charge in [-0.1, -0.05) is 0 Å². The first kappa shape index (κ1) is 16.2. The van der Waals surface area contributed by atoms with Crippen LogP contribution in [0.4, 0.5) is 0 Å². The normalized spacial score (nSPS) is 29.9. The predicted octanol–water partition coefficient (Wildman–Crippen LogP) is 0.177. The van der Waals surface area contributed by atoms with Gasteiger partial charge in [0.25, 0.3) is 10.2 Å². The van der Waals surface area contributed by atoms with E-state index in [0.717, 1.165) is 32.4 Å². The molecule has 7 heteroatoms. The first-order chi connectivity index (χ1) is 9.53. The fourth-order valence-electron chi connectivity index (χ4n) is 2.99. The van der Waals surface area contributed by atoms with Crippen LogP contribution in [-0.2, 0) is 14.9 Å². The Hall–Kier alpha value is -0.210. The lowest BCUT2D eigenvalue weighted by atomic mass is 9.98. The Balaban J connectivity index is 1.79. The van der Waals surface area contributed by atoms with Crippen molar-refractivity contribution in [3.05, 3.63) is 0 Å². The minimum atomic E-state index is -3.33. The van der Waals surface area contributed by atoms with Gasteiger partial charge in [0, 0.05) is 32.2 Å². The number of hydrogen-bond acceptors (Lipinski definition) is 4. The summed E-state index contributed by atoms with van der Waals surface area (Å²) in [5.41, 5.74) is 0. The van der Waals surface area contributed by atoms with Crippen molar-refractivity contribution >= 4 is 10.2 Å². The fourth-order valence-corrected chi connectivity index (χ4v) is 4.29. The topological polar surface area (TPSA) is 70.7 Å². The summed E-state index contributed by atoms with van der Waals surface area (Å²) in [6.07, 6.45) is 2.96. The smallest absolute Gasteiger partial charge is 0.279 e. The van der Waals surface area contributed by atoms with Crippen LogP contribution in [-0.4, -0.2) is 58.7 Å². The molecule has 20 heavy (non-hydrogen) atoms. The van der Waals surface area contributed by atoms with Gasteiger partial charge in [-0.3, -0.25) is 0 Å². The zero-order valence-corrected chi connectivity index (χ0v) is 13.3. The highest BCUT2D eigenvalue weighted by molar-refractivity contribution is 7.87. The Labute approximate surface area is 122 Å². The van der Waals surface area contributed by atoms with Gasteiger partial charge in [0.1, 0.15) is 0 Å². The van der Waals surface area contributed by atoms with Gasteiger partial charge < -0.3 is 10.1 Å². The molecule has 0 amide bonds. The van der Waals surface area contributed by atoms with Gasteiger partial charge in [0.05, 0.1) is 6.10 Å². The van der Waals surface area contributed by atoms with E-state index >= 15 is 0 Å². The molecule has 2 aliphatic heterocycles. The summed E-state index contributed by atoms with van der Waals surface area (Å²) in [7, 11) is -1.39. The molecule has 2 rings (SSSR count). The lowest BCUT2D eigenvalue weighted by Crippen LogP contribution is -2.47. The van der Waals surface area contributed by atoms with E-state index in [4.69, 9.17) is 4.74 Å². The molecular formula is C13H27N3O3S. The van der Waals surface area contributed by atoms with Gasteiger partial charge in [-0.2, -0.15) is 12.7 Å². The van der Waals surface area contributed by atoms with Crippen LogP contribution < -0.4 is 10.0 Å². The van der Waals surface area contributed by atoms with E-state index in [-0.39, 0.29) is 6.10 Å². The lowest BCUT2D eigenvalue weighted by Gasteiger charge is -2.31. The minimum Gasteiger partial charge on any atom is -0.378 e. The largest absolute Gasteiger partial charge is 0.378 e. The van der Waals surface area contributed by atoms with Crippen molar-refractivity contribution in [3.63, 3.8) is 0 Å². The quantitative estimate of drug-likeness (QED) is 0.734. The van der Waals surface area contributed by atoms with Crippen LogP contribution in [0.25, 0.3) is 0 Å². The van der Waals surface area contributed by atoms with E-state index in [2.05, 4.69) is 10.0 Å². The predicted molar refractivity (Wildman–Crippen MR) is 78.7 cm³/mol. The van der Waals surface area contributed by atoms with E-state index < -0.39 is 10.2 Å². The maximum Gasteiger partial charge on any atom is 0.279 e. The molecule has 0 aromatic rings. The summed E-state index contributed by atoms with van der Waals surface area (Å²) >= 11 is 0. The molecule has 0 aliphatic carbocycles. The molecule has 2 aliphatic rings. The molecule has 0 aromatic carbocycles. The van der Waals surface area contributed by atoms with E-state index in [9.17, 15) is 8.42 Å². The van der Waals surface area contributed by atoms with Crippen molar-refractivity contribution in [1.29, 1.82) is 0 Å². The van der Waals surface area contributed by atoms with Gasteiger partial charge >= 0.3 is 0 Å². The monoisotopic (exact) mass is 305 g/mol. The molecule has 6 nitrogen and oxygen atoms in total. The van der Waals surface area contributed by atoms with E-state index in [1.54, 1.807) is 4.31 Å². The Morgan fingerprint density at radius 2 is 1.90 bits per heavy atom. The summed E-state index contributed by atoms with van der Waals surface area (Å²) in [4.78, 5) is 0. The molecule has 2 fully saturated rings. The molecule has 0 radical (unpaired) electrons. The maximum atomic E-state index is 12.3. The maximum absolute atomic E-state index is 12.3. The van der Waals surface area contributed by atoms with E-state index in [1.807, 2.05) is 14.0 Å². The Morgan fingerprint density at radius 1 is 1.20 bits per heavy atom. The number of nitrogens with zero attached hydrogens (tertiary/aromatic N) is 1. The average Bonchev–Trinajstić information content (AvgIpc) is 2.83. The second-order valence-corrected chi connectivity index (χ2v) is 7.63. The zero-order valence-electron chi connectivity index (χ0n) is 12.5. The molecule has 0 aromatic heterocycles. The first-order valence-corrected chi connectivity index (χ1v) is 8.98. The summed E-state index contributed by atoms with van der Waals surface area (Å²) in [5, 5.41) is 3.16. The molecule has 0 spiro atoms. The molecule has 118 valence electrons. The van der Waals surface area contributed by atoms with Crippen molar-refractivity contribution in [3.8, 4) is 0 Å². The molecule has 2 heterocycles. The fraction of sp³-hybridized carbons (Fsp3) is 1.00. The molecule has 0 saturated carbocycles.